The molecule has 126 valence electrons. The molecule has 1 aliphatic rings. The van der Waals surface area contributed by atoms with E-state index >= 15 is 0 Å². The van der Waals surface area contributed by atoms with Gasteiger partial charge in [0, 0.05) is 25.3 Å². The molecule has 0 aromatic heterocycles. The summed E-state index contributed by atoms with van der Waals surface area (Å²) in [5.41, 5.74) is 1.03. The van der Waals surface area contributed by atoms with Gasteiger partial charge in [-0.1, -0.05) is 18.2 Å². The number of rotatable bonds is 6. The summed E-state index contributed by atoms with van der Waals surface area (Å²) in [6.45, 7) is 2.45. The zero-order valence-corrected chi connectivity index (χ0v) is 13.5. The minimum Gasteiger partial charge on any atom is -0.484 e. The number of carbonyl (C=O) groups excluding carboxylic acids is 1. The molecule has 4 nitrogen and oxygen atoms in total. The first kappa shape index (κ1) is 16.3. The fraction of sp³-hybridized carbons (Fsp3) is 0.316. The number of hydrogen-bond acceptors (Lipinski definition) is 3. The van der Waals surface area contributed by atoms with Gasteiger partial charge in [0.15, 0.2) is 6.61 Å². The molecular weight excluding hydrogens is 307 g/mol. The van der Waals surface area contributed by atoms with Crippen LogP contribution in [-0.4, -0.2) is 32.1 Å². The lowest BCUT2D eigenvalue weighted by Crippen LogP contribution is -2.34. The molecule has 0 radical (unpaired) electrons. The second-order valence-electron chi connectivity index (χ2n) is 5.98. The first-order chi connectivity index (χ1) is 11.7. The van der Waals surface area contributed by atoms with Gasteiger partial charge in [0.05, 0.1) is 0 Å². The van der Waals surface area contributed by atoms with Gasteiger partial charge in [-0.15, -0.1) is 0 Å². The molecular formula is C19H21FN2O2. The molecule has 2 aromatic carbocycles. The third-order valence-electron chi connectivity index (χ3n) is 4.18. The molecule has 5 heteroatoms. The lowest BCUT2D eigenvalue weighted by Gasteiger charge is -2.18. The highest BCUT2D eigenvalue weighted by molar-refractivity contribution is 5.77. The van der Waals surface area contributed by atoms with Crippen LogP contribution in [-0.2, 0) is 4.79 Å². The molecule has 2 aromatic rings. The third-order valence-corrected chi connectivity index (χ3v) is 4.18. The molecule has 1 aliphatic heterocycles. The van der Waals surface area contributed by atoms with Crippen LogP contribution in [0.15, 0.2) is 54.6 Å². The summed E-state index contributed by atoms with van der Waals surface area (Å²) in [6, 6.07) is 15.8. The lowest BCUT2D eigenvalue weighted by molar-refractivity contribution is -0.123. The van der Waals surface area contributed by atoms with E-state index in [1.165, 1.54) is 12.1 Å². The fourth-order valence-corrected chi connectivity index (χ4v) is 2.86. The molecule has 0 aliphatic carbocycles. The van der Waals surface area contributed by atoms with Gasteiger partial charge in [-0.25, -0.2) is 4.39 Å². The molecule has 0 spiro atoms. The molecule has 0 saturated carbocycles. The molecule has 1 amide bonds. The quantitative estimate of drug-likeness (QED) is 0.886. The number of benzene rings is 2. The van der Waals surface area contributed by atoms with Crippen LogP contribution in [0.2, 0.25) is 0 Å². The Morgan fingerprint density at radius 1 is 1.17 bits per heavy atom. The van der Waals surface area contributed by atoms with Gasteiger partial charge in [0.1, 0.15) is 11.6 Å². The van der Waals surface area contributed by atoms with Crippen molar-refractivity contribution in [2.45, 2.75) is 6.42 Å². The Kier molecular flexibility index (Phi) is 5.31. The number of amides is 1. The van der Waals surface area contributed by atoms with Crippen LogP contribution >= 0.6 is 0 Å². The fourth-order valence-electron chi connectivity index (χ4n) is 2.86. The molecule has 3 rings (SSSR count). The van der Waals surface area contributed by atoms with E-state index in [2.05, 4.69) is 10.2 Å². The van der Waals surface area contributed by atoms with E-state index in [9.17, 15) is 9.18 Å². The highest BCUT2D eigenvalue weighted by Gasteiger charge is 2.23. The van der Waals surface area contributed by atoms with Gasteiger partial charge in [-0.3, -0.25) is 4.79 Å². The summed E-state index contributed by atoms with van der Waals surface area (Å²) >= 11 is 0. The number of para-hydroxylation sites is 1. The highest BCUT2D eigenvalue weighted by atomic mass is 19.1. The van der Waals surface area contributed by atoms with Crippen molar-refractivity contribution in [2.75, 3.05) is 31.1 Å². The predicted molar refractivity (Wildman–Crippen MR) is 91.7 cm³/mol. The van der Waals surface area contributed by atoms with E-state index in [1.54, 1.807) is 12.1 Å². The first-order valence-electron chi connectivity index (χ1n) is 8.16. The van der Waals surface area contributed by atoms with Crippen molar-refractivity contribution in [3.8, 4) is 5.75 Å². The largest absolute Gasteiger partial charge is 0.484 e. The van der Waals surface area contributed by atoms with Crippen molar-refractivity contribution < 1.29 is 13.9 Å². The molecule has 1 fully saturated rings. The van der Waals surface area contributed by atoms with Gasteiger partial charge in [-0.2, -0.15) is 0 Å². The minimum atomic E-state index is -0.222. The van der Waals surface area contributed by atoms with E-state index < -0.39 is 0 Å². The zero-order valence-electron chi connectivity index (χ0n) is 13.5. The number of nitrogens with zero attached hydrogens (tertiary/aromatic N) is 1. The Labute approximate surface area is 141 Å². The number of nitrogens with one attached hydrogen (secondary N) is 1. The zero-order chi connectivity index (χ0) is 16.8. The van der Waals surface area contributed by atoms with E-state index in [4.69, 9.17) is 4.74 Å². The van der Waals surface area contributed by atoms with E-state index in [1.807, 2.05) is 30.3 Å². The van der Waals surface area contributed by atoms with Gasteiger partial charge < -0.3 is 15.0 Å². The Bertz CT molecular complexity index is 661. The maximum Gasteiger partial charge on any atom is 0.257 e. The Hall–Kier alpha value is -2.56. The van der Waals surface area contributed by atoms with Crippen LogP contribution in [0.3, 0.4) is 0 Å². The topological polar surface area (TPSA) is 41.6 Å². The summed E-state index contributed by atoms with van der Waals surface area (Å²) < 4.78 is 18.4. The van der Waals surface area contributed by atoms with Crippen molar-refractivity contribution in [3.05, 3.63) is 60.4 Å². The first-order valence-corrected chi connectivity index (χ1v) is 8.16. The van der Waals surface area contributed by atoms with Gasteiger partial charge >= 0.3 is 0 Å². The summed E-state index contributed by atoms with van der Waals surface area (Å²) in [7, 11) is 0. The van der Waals surface area contributed by atoms with Crippen LogP contribution in [0.25, 0.3) is 0 Å². The summed E-state index contributed by atoms with van der Waals surface area (Å²) in [5, 5.41) is 2.93. The van der Waals surface area contributed by atoms with Crippen molar-refractivity contribution in [2.24, 2.45) is 5.92 Å². The summed E-state index contributed by atoms with van der Waals surface area (Å²) in [5.74, 6) is 0.756. The van der Waals surface area contributed by atoms with Crippen LogP contribution in [0.4, 0.5) is 10.1 Å². The van der Waals surface area contributed by atoms with Crippen molar-refractivity contribution in [3.63, 3.8) is 0 Å². The van der Waals surface area contributed by atoms with E-state index in [0.717, 1.165) is 25.2 Å². The molecule has 1 N–H and O–H groups in total. The van der Waals surface area contributed by atoms with Crippen LogP contribution in [0, 0.1) is 11.7 Å². The molecule has 1 atom stereocenters. The molecule has 0 bridgehead atoms. The van der Waals surface area contributed by atoms with E-state index in [0.29, 0.717) is 18.2 Å². The Morgan fingerprint density at radius 3 is 2.67 bits per heavy atom. The summed E-state index contributed by atoms with van der Waals surface area (Å²) in [4.78, 5) is 14.1. The number of anilines is 1. The Morgan fingerprint density at radius 2 is 1.92 bits per heavy atom. The highest BCUT2D eigenvalue weighted by Crippen LogP contribution is 2.23. The van der Waals surface area contributed by atoms with Crippen molar-refractivity contribution in [1.82, 2.24) is 5.32 Å². The van der Waals surface area contributed by atoms with Crippen LogP contribution in [0.5, 0.6) is 5.75 Å². The smallest absolute Gasteiger partial charge is 0.257 e. The summed E-state index contributed by atoms with van der Waals surface area (Å²) in [6.07, 6.45) is 1.01. The van der Waals surface area contributed by atoms with E-state index in [-0.39, 0.29) is 18.3 Å². The molecule has 1 saturated heterocycles. The number of halogens is 1. The third kappa shape index (κ3) is 4.47. The van der Waals surface area contributed by atoms with Crippen LogP contribution < -0.4 is 15.0 Å². The lowest BCUT2D eigenvalue weighted by atomic mass is 10.1. The molecule has 1 heterocycles. The van der Waals surface area contributed by atoms with Crippen molar-refractivity contribution in [1.29, 1.82) is 0 Å². The van der Waals surface area contributed by atoms with Crippen LogP contribution in [0.1, 0.15) is 6.42 Å². The average Bonchev–Trinajstić information content (AvgIpc) is 3.09. The normalized spacial score (nSPS) is 16.9. The minimum absolute atomic E-state index is 0.0262. The van der Waals surface area contributed by atoms with Gasteiger partial charge in [0.25, 0.3) is 5.91 Å². The number of ether oxygens (including phenoxy) is 1. The molecule has 1 unspecified atom stereocenters. The second kappa shape index (κ2) is 7.81. The maximum absolute atomic E-state index is 13.0. The number of hydrogen-bond donors (Lipinski definition) is 1. The second-order valence-corrected chi connectivity index (χ2v) is 5.98. The SMILES string of the molecule is O=C(COc1ccccc1)NCC1CCN(c2ccc(F)cc2)C1. The van der Waals surface area contributed by atoms with Gasteiger partial charge in [-0.05, 0) is 48.7 Å². The monoisotopic (exact) mass is 328 g/mol. The predicted octanol–water partition coefficient (Wildman–Crippen LogP) is 2.85. The van der Waals surface area contributed by atoms with Crippen molar-refractivity contribution >= 4 is 11.6 Å². The molecule has 24 heavy (non-hydrogen) atoms. The van der Waals surface area contributed by atoms with Gasteiger partial charge in [0.2, 0.25) is 0 Å². The number of carbonyl (C=O) groups is 1. The standard InChI is InChI=1S/C19H21FN2O2/c20-16-6-8-17(9-7-16)22-11-10-15(13-22)12-21-19(23)14-24-18-4-2-1-3-5-18/h1-9,15H,10-14H2,(H,21,23). The maximum atomic E-state index is 13.0. The Balaban J connectivity index is 1.39. The average molecular weight is 328 g/mol.